The lowest BCUT2D eigenvalue weighted by molar-refractivity contribution is 0.0627. The lowest BCUT2D eigenvalue weighted by Gasteiger charge is -2.35. The van der Waals surface area contributed by atoms with Gasteiger partial charge in [0.05, 0.1) is 10.6 Å². The van der Waals surface area contributed by atoms with Crippen LogP contribution in [0.25, 0.3) is 0 Å². The molecular weight excluding hydrogens is 350 g/mol. The lowest BCUT2D eigenvalue weighted by Crippen LogP contribution is -2.48. The molecule has 0 aromatic heterocycles. The molecule has 6 heteroatoms. The standard InChI is InChI=1S/C18H17Cl2FN2O/c19-14-5-6-16(20)15(11-14)18(24)23-9-7-22(8-10-23)12-13-3-1-2-4-17(13)21/h1-6,11H,7-10,12H2. The fourth-order valence-electron chi connectivity index (χ4n) is 2.81. The van der Waals surface area contributed by atoms with E-state index in [1.54, 1.807) is 35.2 Å². The minimum Gasteiger partial charge on any atom is -0.336 e. The summed E-state index contributed by atoms with van der Waals surface area (Å²) in [7, 11) is 0. The van der Waals surface area contributed by atoms with Crippen LogP contribution in [0.5, 0.6) is 0 Å². The van der Waals surface area contributed by atoms with E-state index >= 15 is 0 Å². The molecule has 1 aliphatic heterocycles. The van der Waals surface area contributed by atoms with E-state index in [0.717, 1.165) is 0 Å². The van der Waals surface area contributed by atoms with Gasteiger partial charge in [-0.1, -0.05) is 41.4 Å². The topological polar surface area (TPSA) is 23.6 Å². The van der Waals surface area contributed by atoms with Gasteiger partial charge >= 0.3 is 0 Å². The van der Waals surface area contributed by atoms with Crippen molar-refractivity contribution in [3.05, 3.63) is 69.5 Å². The van der Waals surface area contributed by atoms with Crippen molar-refractivity contribution in [1.29, 1.82) is 0 Å². The summed E-state index contributed by atoms with van der Waals surface area (Å²) in [6.07, 6.45) is 0. The van der Waals surface area contributed by atoms with E-state index in [9.17, 15) is 9.18 Å². The second-order valence-electron chi connectivity index (χ2n) is 5.78. The van der Waals surface area contributed by atoms with Crippen LogP contribution in [0.2, 0.25) is 10.0 Å². The third kappa shape index (κ3) is 3.89. The van der Waals surface area contributed by atoms with Crippen molar-refractivity contribution in [2.24, 2.45) is 0 Å². The third-order valence-electron chi connectivity index (χ3n) is 4.17. The zero-order chi connectivity index (χ0) is 17.1. The van der Waals surface area contributed by atoms with Crippen molar-refractivity contribution in [1.82, 2.24) is 9.80 Å². The normalized spacial score (nSPS) is 15.5. The van der Waals surface area contributed by atoms with Crippen LogP contribution in [-0.4, -0.2) is 41.9 Å². The highest BCUT2D eigenvalue weighted by Gasteiger charge is 2.24. The Balaban J connectivity index is 1.61. The number of amides is 1. The van der Waals surface area contributed by atoms with E-state index in [-0.39, 0.29) is 11.7 Å². The first kappa shape index (κ1) is 17.2. The number of piperazine rings is 1. The van der Waals surface area contributed by atoms with Gasteiger partial charge in [-0.15, -0.1) is 0 Å². The van der Waals surface area contributed by atoms with Crippen molar-refractivity contribution < 1.29 is 9.18 Å². The predicted octanol–water partition coefficient (Wildman–Crippen LogP) is 4.09. The fraction of sp³-hybridized carbons (Fsp3) is 0.278. The molecule has 0 aliphatic carbocycles. The summed E-state index contributed by atoms with van der Waals surface area (Å²) in [6, 6.07) is 11.7. The summed E-state index contributed by atoms with van der Waals surface area (Å²) in [6.45, 7) is 3.09. The quantitative estimate of drug-likeness (QED) is 0.816. The van der Waals surface area contributed by atoms with Crippen molar-refractivity contribution in [3.8, 4) is 0 Å². The van der Waals surface area contributed by atoms with Gasteiger partial charge in [-0.3, -0.25) is 9.69 Å². The smallest absolute Gasteiger partial charge is 0.255 e. The Bertz CT molecular complexity index is 746. The van der Waals surface area contributed by atoms with E-state index in [2.05, 4.69) is 4.90 Å². The van der Waals surface area contributed by atoms with Gasteiger partial charge < -0.3 is 4.90 Å². The number of rotatable bonds is 3. The number of benzene rings is 2. The molecule has 1 fully saturated rings. The zero-order valence-electron chi connectivity index (χ0n) is 13.0. The van der Waals surface area contributed by atoms with Gasteiger partial charge in [-0.2, -0.15) is 0 Å². The molecule has 0 atom stereocenters. The summed E-state index contributed by atoms with van der Waals surface area (Å²) in [5.74, 6) is -0.310. The van der Waals surface area contributed by atoms with Crippen LogP contribution >= 0.6 is 23.2 Å². The Morgan fingerprint density at radius 2 is 1.75 bits per heavy atom. The van der Waals surface area contributed by atoms with Crippen LogP contribution in [0.4, 0.5) is 4.39 Å². The minimum absolute atomic E-state index is 0.118. The highest BCUT2D eigenvalue weighted by Crippen LogP contribution is 2.23. The molecule has 126 valence electrons. The van der Waals surface area contributed by atoms with Crippen molar-refractivity contribution in [2.75, 3.05) is 26.2 Å². The third-order valence-corrected chi connectivity index (χ3v) is 4.73. The summed E-state index contributed by atoms with van der Waals surface area (Å²) in [5.41, 5.74) is 1.10. The molecule has 0 spiro atoms. The first-order valence-electron chi connectivity index (χ1n) is 7.74. The van der Waals surface area contributed by atoms with Crippen LogP contribution in [0, 0.1) is 5.82 Å². The van der Waals surface area contributed by atoms with Gasteiger partial charge in [0.1, 0.15) is 5.82 Å². The molecule has 24 heavy (non-hydrogen) atoms. The number of nitrogens with zero attached hydrogens (tertiary/aromatic N) is 2. The lowest BCUT2D eigenvalue weighted by atomic mass is 10.1. The fourth-order valence-corrected chi connectivity index (χ4v) is 3.18. The van der Waals surface area contributed by atoms with Gasteiger partial charge in [-0.05, 0) is 24.3 Å². The minimum atomic E-state index is -0.193. The molecule has 1 heterocycles. The average molecular weight is 367 g/mol. The predicted molar refractivity (Wildman–Crippen MR) is 94.0 cm³/mol. The Labute approximate surface area is 150 Å². The molecule has 2 aromatic carbocycles. The van der Waals surface area contributed by atoms with E-state index in [4.69, 9.17) is 23.2 Å². The molecule has 0 unspecified atom stereocenters. The highest BCUT2D eigenvalue weighted by atomic mass is 35.5. The summed E-state index contributed by atoms with van der Waals surface area (Å²) in [5, 5.41) is 0.888. The first-order chi connectivity index (χ1) is 11.5. The Kier molecular flexibility index (Phi) is 5.39. The number of hydrogen-bond donors (Lipinski definition) is 0. The van der Waals surface area contributed by atoms with Crippen LogP contribution in [-0.2, 0) is 6.54 Å². The second-order valence-corrected chi connectivity index (χ2v) is 6.63. The number of carbonyl (C=O) groups excluding carboxylic acids is 1. The SMILES string of the molecule is O=C(c1cc(Cl)ccc1Cl)N1CCN(Cc2ccccc2F)CC1. The number of hydrogen-bond acceptors (Lipinski definition) is 2. The summed E-state index contributed by atoms with van der Waals surface area (Å²) in [4.78, 5) is 16.5. The summed E-state index contributed by atoms with van der Waals surface area (Å²) < 4.78 is 13.7. The van der Waals surface area contributed by atoms with Gasteiger partial charge in [0, 0.05) is 43.3 Å². The van der Waals surface area contributed by atoms with Gasteiger partial charge in [0.15, 0.2) is 0 Å². The molecule has 1 saturated heterocycles. The molecule has 1 aliphatic rings. The molecule has 3 nitrogen and oxygen atoms in total. The van der Waals surface area contributed by atoms with Gasteiger partial charge in [0.2, 0.25) is 0 Å². The van der Waals surface area contributed by atoms with Gasteiger partial charge in [0.25, 0.3) is 5.91 Å². The molecule has 1 amide bonds. The highest BCUT2D eigenvalue weighted by molar-refractivity contribution is 6.35. The molecule has 2 aromatic rings. The van der Waals surface area contributed by atoms with Gasteiger partial charge in [-0.25, -0.2) is 4.39 Å². The molecule has 0 bridgehead atoms. The Morgan fingerprint density at radius 1 is 1.04 bits per heavy atom. The van der Waals surface area contributed by atoms with E-state index in [1.807, 2.05) is 6.07 Å². The van der Waals surface area contributed by atoms with E-state index in [1.165, 1.54) is 6.07 Å². The van der Waals surface area contributed by atoms with Crippen LogP contribution < -0.4 is 0 Å². The average Bonchev–Trinajstić information content (AvgIpc) is 2.59. The van der Waals surface area contributed by atoms with Crippen LogP contribution in [0.1, 0.15) is 15.9 Å². The van der Waals surface area contributed by atoms with Crippen molar-refractivity contribution >= 4 is 29.1 Å². The maximum atomic E-state index is 13.7. The van der Waals surface area contributed by atoms with Crippen LogP contribution in [0.3, 0.4) is 0 Å². The monoisotopic (exact) mass is 366 g/mol. The maximum absolute atomic E-state index is 13.7. The first-order valence-corrected chi connectivity index (χ1v) is 8.50. The van der Waals surface area contributed by atoms with Crippen molar-refractivity contribution in [3.63, 3.8) is 0 Å². The zero-order valence-corrected chi connectivity index (χ0v) is 14.5. The van der Waals surface area contributed by atoms with Crippen LogP contribution in [0.15, 0.2) is 42.5 Å². The Morgan fingerprint density at radius 3 is 2.46 bits per heavy atom. The Hall–Kier alpha value is -1.62. The number of halogens is 3. The molecule has 3 rings (SSSR count). The second kappa shape index (κ2) is 7.51. The molecule has 0 N–H and O–H groups in total. The maximum Gasteiger partial charge on any atom is 0.255 e. The molecule has 0 radical (unpaired) electrons. The van der Waals surface area contributed by atoms with E-state index in [0.29, 0.717) is 53.9 Å². The largest absolute Gasteiger partial charge is 0.336 e. The van der Waals surface area contributed by atoms with Crippen molar-refractivity contribution in [2.45, 2.75) is 6.54 Å². The molecule has 0 saturated carbocycles. The molecular formula is C18H17Cl2FN2O. The van der Waals surface area contributed by atoms with E-state index < -0.39 is 0 Å². The number of carbonyl (C=O) groups is 1. The summed E-state index contributed by atoms with van der Waals surface area (Å²) >= 11 is 12.1.